The summed E-state index contributed by atoms with van der Waals surface area (Å²) in [5.41, 5.74) is 2.04. The summed E-state index contributed by atoms with van der Waals surface area (Å²) < 4.78 is 22.9. The molecule has 0 aliphatic rings. The molecule has 1 aromatic heterocycles. The number of aromatic nitrogens is 2. The van der Waals surface area contributed by atoms with Gasteiger partial charge in [-0.05, 0) is 36.4 Å². The molecule has 0 saturated heterocycles. The van der Waals surface area contributed by atoms with Gasteiger partial charge in [-0.1, -0.05) is 49.3 Å². The maximum Gasteiger partial charge on any atom is 0.238 e. The first-order valence-electron chi connectivity index (χ1n) is 8.82. The van der Waals surface area contributed by atoms with E-state index >= 15 is 0 Å². The van der Waals surface area contributed by atoms with Crippen molar-refractivity contribution >= 4 is 44.9 Å². The molecule has 2 aromatic carbocycles. The second-order valence-electron chi connectivity index (χ2n) is 6.56. The maximum atomic E-state index is 11.5. The SMILES string of the molecule is CC(C)Sc1nc(Nc2ccc(S(N)(=O)=O)cc2)c(C#N)c(-c2ccc(Cl)cc2)n1. The van der Waals surface area contributed by atoms with Crippen LogP contribution in [0, 0.1) is 11.3 Å². The van der Waals surface area contributed by atoms with E-state index in [1.807, 2.05) is 13.8 Å². The fraction of sp³-hybridized carbons (Fsp3) is 0.150. The molecule has 10 heteroatoms. The molecule has 30 heavy (non-hydrogen) atoms. The second-order valence-corrected chi connectivity index (χ2v) is 10.1. The molecule has 3 aromatic rings. The van der Waals surface area contributed by atoms with Crippen molar-refractivity contribution in [1.29, 1.82) is 5.26 Å². The molecule has 0 atom stereocenters. The van der Waals surface area contributed by atoms with Crippen molar-refractivity contribution in [2.45, 2.75) is 29.1 Å². The summed E-state index contributed by atoms with van der Waals surface area (Å²) in [5.74, 6) is 0.323. The highest BCUT2D eigenvalue weighted by Gasteiger charge is 2.18. The van der Waals surface area contributed by atoms with E-state index < -0.39 is 10.0 Å². The molecule has 1 heterocycles. The maximum absolute atomic E-state index is 11.5. The van der Waals surface area contributed by atoms with Gasteiger partial charge in [-0.15, -0.1) is 0 Å². The van der Waals surface area contributed by atoms with Crippen LogP contribution in [0.4, 0.5) is 11.5 Å². The Morgan fingerprint density at radius 3 is 2.27 bits per heavy atom. The highest BCUT2D eigenvalue weighted by molar-refractivity contribution is 7.99. The molecule has 0 amide bonds. The Morgan fingerprint density at radius 2 is 1.73 bits per heavy atom. The van der Waals surface area contributed by atoms with E-state index in [1.54, 1.807) is 36.4 Å². The van der Waals surface area contributed by atoms with Crippen LogP contribution in [0.2, 0.25) is 5.02 Å². The summed E-state index contributed by atoms with van der Waals surface area (Å²) in [6.07, 6.45) is 0. The largest absolute Gasteiger partial charge is 0.339 e. The van der Waals surface area contributed by atoms with Crippen molar-refractivity contribution < 1.29 is 8.42 Å². The molecule has 154 valence electrons. The van der Waals surface area contributed by atoms with Gasteiger partial charge in [0.2, 0.25) is 10.0 Å². The number of anilines is 2. The summed E-state index contributed by atoms with van der Waals surface area (Å²) in [6, 6.07) is 15.1. The minimum absolute atomic E-state index is 0.00542. The Hall–Kier alpha value is -2.64. The molecular weight excluding hydrogens is 442 g/mol. The van der Waals surface area contributed by atoms with Crippen LogP contribution in [0.3, 0.4) is 0 Å². The third kappa shape index (κ3) is 5.29. The summed E-state index contributed by atoms with van der Waals surface area (Å²) in [7, 11) is -3.79. The van der Waals surface area contributed by atoms with Crippen molar-refractivity contribution in [3.8, 4) is 17.3 Å². The molecule has 3 N–H and O–H groups in total. The zero-order valence-electron chi connectivity index (χ0n) is 16.1. The average molecular weight is 460 g/mol. The van der Waals surface area contributed by atoms with Crippen LogP contribution in [0.15, 0.2) is 58.6 Å². The van der Waals surface area contributed by atoms with E-state index in [0.717, 1.165) is 5.56 Å². The number of nitriles is 1. The van der Waals surface area contributed by atoms with Crippen LogP contribution in [0.5, 0.6) is 0 Å². The van der Waals surface area contributed by atoms with E-state index in [2.05, 4.69) is 21.4 Å². The fourth-order valence-electron chi connectivity index (χ4n) is 2.58. The Morgan fingerprint density at radius 1 is 1.10 bits per heavy atom. The molecule has 0 fully saturated rings. The average Bonchev–Trinajstić information content (AvgIpc) is 2.67. The van der Waals surface area contributed by atoms with Crippen molar-refractivity contribution in [1.82, 2.24) is 9.97 Å². The van der Waals surface area contributed by atoms with E-state index in [9.17, 15) is 13.7 Å². The zero-order chi connectivity index (χ0) is 21.9. The minimum Gasteiger partial charge on any atom is -0.339 e. The van der Waals surface area contributed by atoms with Gasteiger partial charge in [0.15, 0.2) is 11.0 Å². The smallest absolute Gasteiger partial charge is 0.238 e. The first kappa shape index (κ1) is 22.1. The van der Waals surface area contributed by atoms with Crippen LogP contribution in [-0.2, 0) is 10.0 Å². The van der Waals surface area contributed by atoms with Crippen molar-refractivity contribution in [2.24, 2.45) is 5.14 Å². The lowest BCUT2D eigenvalue weighted by molar-refractivity contribution is 0.598. The highest BCUT2D eigenvalue weighted by atomic mass is 35.5. The Bertz CT molecular complexity index is 1210. The molecule has 0 unspecified atom stereocenters. The van der Waals surface area contributed by atoms with Crippen LogP contribution >= 0.6 is 23.4 Å². The quantitative estimate of drug-likeness (QED) is 0.409. The van der Waals surface area contributed by atoms with Crippen molar-refractivity contribution in [3.63, 3.8) is 0 Å². The predicted molar refractivity (Wildman–Crippen MR) is 119 cm³/mol. The molecule has 7 nitrogen and oxygen atoms in total. The van der Waals surface area contributed by atoms with Crippen LogP contribution in [-0.4, -0.2) is 23.6 Å². The lowest BCUT2D eigenvalue weighted by atomic mass is 10.1. The predicted octanol–water partition coefficient (Wildman–Crippen LogP) is 4.56. The summed E-state index contributed by atoms with van der Waals surface area (Å²) in [6.45, 7) is 4.04. The number of nitrogens with zero attached hydrogens (tertiary/aromatic N) is 3. The first-order valence-corrected chi connectivity index (χ1v) is 11.6. The summed E-state index contributed by atoms with van der Waals surface area (Å²) >= 11 is 7.46. The van der Waals surface area contributed by atoms with Crippen LogP contribution < -0.4 is 10.5 Å². The number of thioether (sulfide) groups is 1. The highest BCUT2D eigenvalue weighted by Crippen LogP contribution is 2.32. The number of nitrogens with two attached hydrogens (primary N) is 1. The van der Waals surface area contributed by atoms with E-state index in [4.69, 9.17) is 16.7 Å². The Balaban J connectivity index is 2.09. The summed E-state index contributed by atoms with van der Waals surface area (Å²) in [5, 5.41) is 19.4. The van der Waals surface area contributed by atoms with Gasteiger partial charge in [-0.3, -0.25) is 0 Å². The number of primary sulfonamides is 1. The molecule has 0 aliphatic carbocycles. The molecule has 0 radical (unpaired) electrons. The van der Waals surface area contributed by atoms with Gasteiger partial charge in [-0.25, -0.2) is 23.5 Å². The van der Waals surface area contributed by atoms with Gasteiger partial charge in [0.1, 0.15) is 11.6 Å². The van der Waals surface area contributed by atoms with Gasteiger partial charge in [0.25, 0.3) is 0 Å². The van der Waals surface area contributed by atoms with Crippen molar-refractivity contribution in [2.75, 3.05) is 5.32 Å². The lowest BCUT2D eigenvalue weighted by Gasteiger charge is -2.14. The normalized spacial score (nSPS) is 11.3. The van der Waals surface area contributed by atoms with Gasteiger partial charge in [0, 0.05) is 21.5 Å². The molecule has 0 saturated carbocycles. The Kier molecular flexibility index (Phi) is 6.63. The van der Waals surface area contributed by atoms with E-state index in [0.29, 0.717) is 27.4 Å². The molecule has 0 bridgehead atoms. The monoisotopic (exact) mass is 459 g/mol. The third-order valence-corrected chi connectivity index (χ3v) is 5.95. The Labute approximate surface area is 184 Å². The van der Waals surface area contributed by atoms with E-state index in [1.165, 1.54) is 23.9 Å². The van der Waals surface area contributed by atoms with Crippen molar-refractivity contribution in [3.05, 3.63) is 59.1 Å². The van der Waals surface area contributed by atoms with Gasteiger partial charge >= 0.3 is 0 Å². The number of nitrogens with one attached hydrogen (secondary N) is 1. The van der Waals surface area contributed by atoms with Gasteiger partial charge in [0.05, 0.1) is 10.6 Å². The molecule has 3 rings (SSSR count). The standard InChI is InChI=1S/C20H18ClN5O2S2/c1-12(2)29-20-25-18(13-3-5-14(21)6-4-13)17(11-22)19(26-20)24-15-7-9-16(10-8-15)30(23,27)28/h3-10,12H,1-2H3,(H2,23,27,28)(H,24,25,26). The van der Waals surface area contributed by atoms with E-state index in [-0.39, 0.29) is 15.7 Å². The second kappa shape index (κ2) is 9.02. The number of benzene rings is 2. The van der Waals surface area contributed by atoms with Crippen LogP contribution in [0.25, 0.3) is 11.3 Å². The lowest BCUT2D eigenvalue weighted by Crippen LogP contribution is -2.12. The first-order chi connectivity index (χ1) is 14.2. The third-order valence-electron chi connectivity index (χ3n) is 3.90. The van der Waals surface area contributed by atoms with Gasteiger partial charge in [-0.2, -0.15) is 5.26 Å². The topological polar surface area (TPSA) is 122 Å². The number of sulfonamides is 1. The minimum atomic E-state index is -3.79. The fourth-order valence-corrected chi connectivity index (χ4v) is 3.93. The molecular formula is C20H18ClN5O2S2. The number of rotatable bonds is 6. The number of halogens is 1. The zero-order valence-corrected chi connectivity index (χ0v) is 18.5. The summed E-state index contributed by atoms with van der Waals surface area (Å²) in [4.78, 5) is 9.08. The number of hydrogen-bond acceptors (Lipinski definition) is 7. The molecule has 0 spiro atoms. The number of hydrogen-bond donors (Lipinski definition) is 2. The van der Waals surface area contributed by atoms with Crippen LogP contribution in [0.1, 0.15) is 19.4 Å². The van der Waals surface area contributed by atoms with Gasteiger partial charge < -0.3 is 5.32 Å². The molecule has 0 aliphatic heterocycles.